The van der Waals surface area contributed by atoms with E-state index in [4.69, 9.17) is 11.3 Å². The van der Waals surface area contributed by atoms with Crippen LogP contribution in [0.1, 0.15) is 66.4 Å². The smallest absolute Gasteiger partial charge is 0.329 e. The number of benzene rings is 2. The Labute approximate surface area is 246 Å². The number of carbonyl (C=O) groups excluding carboxylic acids is 2. The molecule has 1 amide bonds. The van der Waals surface area contributed by atoms with Crippen molar-refractivity contribution in [3.8, 4) is 22.4 Å². The fourth-order valence-corrected chi connectivity index (χ4v) is 4.46. The van der Waals surface area contributed by atoms with Gasteiger partial charge < -0.3 is 9.64 Å². The molecule has 0 saturated heterocycles. The van der Waals surface area contributed by atoms with Gasteiger partial charge in [-0.25, -0.2) is 9.64 Å². The standard InChI is InChI=1S/C33H39N3O3.H2S/c1-8-9-15-30(37)36(31(23(2)3)32(38)39-33(4,5)6)22-24-16-18-29(35-21-24)27-20-26(17-19-28(27)34-7)25-13-11-10-12-14-25;/h10-14,16-21,23,31H,8-9,15,22H2,1-6H3;1H2/t31-;/m0./s1. The zero-order chi connectivity index (χ0) is 28.6. The van der Waals surface area contributed by atoms with Crippen LogP contribution < -0.4 is 0 Å². The number of esters is 1. The highest BCUT2D eigenvalue weighted by Crippen LogP contribution is 2.34. The largest absolute Gasteiger partial charge is 0.458 e. The topological polar surface area (TPSA) is 63.9 Å². The monoisotopic (exact) mass is 559 g/mol. The number of hydrogen-bond donors (Lipinski definition) is 0. The molecule has 0 N–H and O–H groups in total. The first kappa shape index (κ1) is 32.6. The van der Waals surface area contributed by atoms with Gasteiger partial charge in [0, 0.05) is 24.7 Å². The van der Waals surface area contributed by atoms with Crippen molar-refractivity contribution in [2.45, 2.75) is 79.0 Å². The van der Waals surface area contributed by atoms with E-state index >= 15 is 0 Å². The molecule has 212 valence electrons. The second kappa shape index (κ2) is 14.7. The summed E-state index contributed by atoms with van der Waals surface area (Å²) < 4.78 is 5.71. The molecule has 0 aliphatic carbocycles. The Balaban J connectivity index is 0.00000560. The van der Waals surface area contributed by atoms with Crippen molar-refractivity contribution in [3.05, 3.63) is 83.8 Å². The second-order valence-corrected chi connectivity index (χ2v) is 11.1. The third-order valence-corrected chi connectivity index (χ3v) is 6.36. The molecule has 3 aromatic rings. The van der Waals surface area contributed by atoms with Crippen LogP contribution in [0.15, 0.2) is 66.9 Å². The number of unbranched alkanes of at least 4 members (excludes halogenated alkanes) is 1. The number of hydrogen-bond acceptors (Lipinski definition) is 4. The first-order chi connectivity index (χ1) is 18.5. The summed E-state index contributed by atoms with van der Waals surface area (Å²) in [6.07, 6.45) is 3.74. The van der Waals surface area contributed by atoms with E-state index in [-0.39, 0.29) is 31.9 Å². The molecule has 1 atom stereocenters. The van der Waals surface area contributed by atoms with Crippen molar-refractivity contribution in [3.63, 3.8) is 0 Å². The Hall–Kier alpha value is -3.63. The molecule has 7 heteroatoms. The van der Waals surface area contributed by atoms with E-state index in [0.717, 1.165) is 35.1 Å². The molecule has 0 radical (unpaired) electrons. The SMILES string of the molecule is S.[C-]#[N+]c1ccc(-c2ccccc2)cc1-c1ccc(CN(C(=O)CCCC)[C@H](C(=O)OC(C)(C)C)C(C)C)cn1. The molecule has 3 rings (SSSR count). The first-order valence-corrected chi connectivity index (χ1v) is 13.6. The number of pyridine rings is 1. The summed E-state index contributed by atoms with van der Waals surface area (Å²) in [5, 5.41) is 0. The maximum Gasteiger partial charge on any atom is 0.329 e. The van der Waals surface area contributed by atoms with Gasteiger partial charge in [-0.1, -0.05) is 81.8 Å². The number of ether oxygens (including phenoxy) is 1. The predicted molar refractivity (Wildman–Crippen MR) is 166 cm³/mol. The van der Waals surface area contributed by atoms with Gasteiger partial charge in [0.1, 0.15) is 11.6 Å². The van der Waals surface area contributed by atoms with E-state index in [1.165, 1.54) is 0 Å². The summed E-state index contributed by atoms with van der Waals surface area (Å²) in [7, 11) is 0. The Kier molecular flexibility index (Phi) is 11.9. The Bertz CT molecular complexity index is 1310. The van der Waals surface area contributed by atoms with Gasteiger partial charge in [0.2, 0.25) is 5.91 Å². The molecule has 40 heavy (non-hydrogen) atoms. The Morgan fingerprint density at radius 3 is 2.27 bits per heavy atom. The summed E-state index contributed by atoms with van der Waals surface area (Å²) >= 11 is 0. The third-order valence-electron chi connectivity index (χ3n) is 6.36. The van der Waals surface area contributed by atoms with Gasteiger partial charge in [-0.05, 0) is 55.9 Å². The van der Waals surface area contributed by atoms with Gasteiger partial charge >= 0.3 is 5.97 Å². The summed E-state index contributed by atoms with van der Waals surface area (Å²) in [6.45, 7) is 19.3. The summed E-state index contributed by atoms with van der Waals surface area (Å²) in [5.41, 5.74) is 4.18. The summed E-state index contributed by atoms with van der Waals surface area (Å²) in [5.74, 6) is -0.595. The lowest BCUT2D eigenvalue weighted by molar-refractivity contribution is -0.167. The molecule has 0 fully saturated rings. The highest BCUT2D eigenvalue weighted by molar-refractivity contribution is 7.59. The van der Waals surface area contributed by atoms with Crippen LogP contribution in [-0.2, 0) is 20.9 Å². The van der Waals surface area contributed by atoms with Gasteiger partial charge in [-0.3, -0.25) is 9.78 Å². The lowest BCUT2D eigenvalue weighted by Crippen LogP contribution is -2.49. The fraction of sp³-hybridized carbons (Fsp3) is 0.394. The molecule has 0 aliphatic heterocycles. The number of amides is 1. The molecule has 2 aromatic carbocycles. The zero-order valence-corrected chi connectivity index (χ0v) is 25.4. The van der Waals surface area contributed by atoms with Crippen molar-refractivity contribution in [2.75, 3.05) is 0 Å². The van der Waals surface area contributed by atoms with Crippen molar-refractivity contribution >= 4 is 31.1 Å². The van der Waals surface area contributed by atoms with Crippen molar-refractivity contribution < 1.29 is 14.3 Å². The van der Waals surface area contributed by atoms with Crippen LogP contribution in [0.3, 0.4) is 0 Å². The van der Waals surface area contributed by atoms with Crippen molar-refractivity contribution in [1.29, 1.82) is 0 Å². The van der Waals surface area contributed by atoms with E-state index in [0.29, 0.717) is 17.8 Å². The number of carbonyl (C=O) groups is 2. The molecule has 0 bridgehead atoms. The summed E-state index contributed by atoms with van der Waals surface area (Å²) in [6, 6.07) is 18.9. The van der Waals surface area contributed by atoms with Crippen LogP contribution in [0.2, 0.25) is 0 Å². The minimum absolute atomic E-state index is 0. The van der Waals surface area contributed by atoms with Gasteiger partial charge in [-0.15, -0.1) is 0 Å². The molecule has 6 nitrogen and oxygen atoms in total. The first-order valence-electron chi connectivity index (χ1n) is 13.6. The third kappa shape index (κ3) is 8.69. The number of nitrogens with zero attached hydrogens (tertiary/aromatic N) is 3. The lowest BCUT2D eigenvalue weighted by atomic mass is 9.99. The van der Waals surface area contributed by atoms with Crippen LogP contribution in [0, 0.1) is 12.5 Å². The molecule has 0 spiro atoms. The minimum Gasteiger partial charge on any atom is -0.458 e. The average molecular weight is 560 g/mol. The maximum atomic E-state index is 13.3. The minimum atomic E-state index is -0.704. The van der Waals surface area contributed by atoms with E-state index < -0.39 is 17.6 Å². The highest BCUT2D eigenvalue weighted by atomic mass is 32.1. The molecule has 0 unspecified atom stereocenters. The average Bonchev–Trinajstić information content (AvgIpc) is 2.90. The quantitative estimate of drug-likeness (QED) is 0.187. The molecular weight excluding hydrogens is 518 g/mol. The van der Waals surface area contributed by atoms with E-state index in [1.54, 1.807) is 11.1 Å². The van der Waals surface area contributed by atoms with Crippen LogP contribution in [-0.4, -0.2) is 33.4 Å². The van der Waals surface area contributed by atoms with Crippen molar-refractivity contribution in [2.24, 2.45) is 5.92 Å². The molecule has 0 saturated carbocycles. The Morgan fingerprint density at radius 2 is 1.73 bits per heavy atom. The van der Waals surface area contributed by atoms with Crippen LogP contribution in [0.4, 0.5) is 5.69 Å². The molecule has 0 aliphatic rings. The zero-order valence-electron chi connectivity index (χ0n) is 24.4. The highest BCUT2D eigenvalue weighted by Gasteiger charge is 2.35. The molecule has 1 heterocycles. The fourth-order valence-electron chi connectivity index (χ4n) is 4.46. The number of rotatable bonds is 10. The summed E-state index contributed by atoms with van der Waals surface area (Å²) in [4.78, 5) is 36.6. The van der Waals surface area contributed by atoms with Gasteiger partial charge in [0.15, 0.2) is 5.69 Å². The van der Waals surface area contributed by atoms with Crippen LogP contribution in [0.25, 0.3) is 27.2 Å². The molecule has 1 aromatic heterocycles. The number of aromatic nitrogens is 1. The molecular formula is C33H41N3O3S. The lowest BCUT2D eigenvalue weighted by Gasteiger charge is -2.35. The normalized spacial score (nSPS) is 11.8. The Morgan fingerprint density at radius 1 is 1.02 bits per heavy atom. The van der Waals surface area contributed by atoms with Crippen molar-refractivity contribution in [1.82, 2.24) is 9.88 Å². The van der Waals surface area contributed by atoms with Gasteiger partial charge in [0.25, 0.3) is 0 Å². The van der Waals surface area contributed by atoms with E-state index in [2.05, 4.69) is 9.83 Å². The van der Waals surface area contributed by atoms with Gasteiger partial charge in [0.05, 0.1) is 12.3 Å². The second-order valence-electron chi connectivity index (χ2n) is 11.1. The van der Waals surface area contributed by atoms with Crippen LogP contribution in [0.5, 0.6) is 0 Å². The predicted octanol–water partition coefficient (Wildman–Crippen LogP) is 7.96. The maximum absolute atomic E-state index is 13.3. The van der Waals surface area contributed by atoms with E-state index in [1.807, 2.05) is 102 Å². The van der Waals surface area contributed by atoms with Gasteiger partial charge in [-0.2, -0.15) is 13.5 Å². The van der Waals surface area contributed by atoms with E-state index in [9.17, 15) is 9.59 Å². The van der Waals surface area contributed by atoms with Crippen LogP contribution >= 0.6 is 13.5 Å².